The molecule has 1 aromatic carbocycles. The second-order valence-electron chi connectivity index (χ2n) is 4.73. The largest absolute Gasteiger partial charge is 0.497 e. The number of benzene rings is 1. The Kier molecular flexibility index (Phi) is 7.04. The molecule has 1 atom stereocenters. The molecule has 0 aliphatic carbocycles. The zero-order valence-electron chi connectivity index (χ0n) is 12.3. The standard InChI is InChI=1S/C15H23NO4/c1-16(10-13(17)11-19-2)15(18)8-7-12-5-4-6-14(9-12)20-3/h4-6,9,13,17H,7-8,10-11H2,1-3H3. The van der Waals surface area contributed by atoms with Gasteiger partial charge in [-0.15, -0.1) is 0 Å². The van der Waals surface area contributed by atoms with E-state index in [-0.39, 0.29) is 19.1 Å². The van der Waals surface area contributed by atoms with Gasteiger partial charge in [-0.25, -0.2) is 0 Å². The van der Waals surface area contributed by atoms with Crippen molar-refractivity contribution in [2.75, 3.05) is 34.4 Å². The van der Waals surface area contributed by atoms with Gasteiger partial charge in [-0.2, -0.15) is 0 Å². The number of carbonyl (C=O) groups is 1. The number of hydrogen-bond donors (Lipinski definition) is 1. The van der Waals surface area contributed by atoms with Crippen molar-refractivity contribution in [3.63, 3.8) is 0 Å². The number of amides is 1. The molecule has 1 rings (SSSR count). The third-order valence-corrected chi connectivity index (χ3v) is 3.03. The summed E-state index contributed by atoms with van der Waals surface area (Å²) in [5.74, 6) is 0.793. The first-order valence-corrected chi connectivity index (χ1v) is 6.60. The Balaban J connectivity index is 2.41. The average Bonchev–Trinajstić information content (AvgIpc) is 2.45. The Hall–Kier alpha value is -1.59. The molecule has 0 spiro atoms. The fourth-order valence-corrected chi connectivity index (χ4v) is 1.93. The molecule has 5 nitrogen and oxygen atoms in total. The van der Waals surface area contributed by atoms with E-state index in [0.29, 0.717) is 12.8 Å². The molecule has 1 unspecified atom stereocenters. The SMILES string of the molecule is COCC(O)CN(C)C(=O)CCc1cccc(OC)c1. The highest BCUT2D eigenvalue weighted by atomic mass is 16.5. The van der Waals surface area contributed by atoms with E-state index in [2.05, 4.69) is 0 Å². The van der Waals surface area contributed by atoms with Gasteiger partial charge in [-0.1, -0.05) is 12.1 Å². The third-order valence-electron chi connectivity index (χ3n) is 3.03. The Morgan fingerprint density at radius 3 is 2.80 bits per heavy atom. The van der Waals surface area contributed by atoms with Crippen molar-refractivity contribution in [1.29, 1.82) is 0 Å². The molecule has 1 N–H and O–H groups in total. The monoisotopic (exact) mass is 281 g/mol. The molecule has 1 aromatic rings. The van der Waals surface area contributed by atoms with Crippen molar-refractivity contribution in [2.45, 2.75) is 18.9 Å². The summed E-state index contributed by atoms with van der Waals surface area (Å²) in [5.41, 5.74) is 1.06. The van der Waals surface area contributed by atoms with Gasteiger partial charge in [0.25, 0.3) is 0 Å². The quantitative estimate of drug-likeness (QED) is 0.775. The molecule has 112 valence electrons. The highest BCUT2D eigenvalue weighted by molar-refractivity contribution is 5.76. The van der Waals surface area contributed by atoms with Gasteiger partial charge in [0.1, 0.15) is 5.75 Å². The van der Waals surface area contributed by atoms with Gasteiger partial charge >= 0.3 is 0 Å². The van der Waals surface area contributed by atoms with E-state index in [1.54, 1.807) is 14.2 Å². The summed E-state index contributed by atoms with van der Waals surface area (Å²) in [4.78, 5) is 13.5. The molecule has 0 bridgehead atoms. The number of ether oxygens (including phenoxy) is 2. The second-order valence-corrected chi connectivity index (χ2v) is 4.73. The van der Waals surface area contributed by atoms with Crippen LogP contribution in [0.15, 0.2) is 24.3 Å². The molecule has 20 heavy (non-hydrogen) atoms. The lowest BCUT2D eigenvalue weighted by Crippen LogP contribution is -2.36. The van der Waals surface area contributed by atoms with Gasteiger partial charge in [0.15, 0.2) is 0 Å². The minimum Gasteiger partial charge on any atom is -0.497 e. The lowest BCUT2D eigenvalue weighted by Gasteiger charge is -2.20. The lowest BCUT2D eigenvalue weighted by molar-refractivity contribution is -0.131. The molecule has 1 amide bonds. The van der Waals surface area contributed by atoms with Crippen LogP contribution in [0.4, 0.5) is 0 Å². The van der Waals surface area contributed by atoms with Crippen molar-refractivity contribution in [3.8, 4) is 5.75 Å². The van der Waals surface area contributed by atoms with Crippen molar-refractivity contribution in [1.82, 2.24) is 4.90 Å². The first-order chi connectivity index (χ1) is 9.56. The number of carbonyl (C=O) groups excluding carboxylic acids is 1. The van der Waals surface area contributed by atoms with Crippen LogP contribution in [0.1, 0.15) is 12.0 Å². The Morgan fingerprint density at radius 2 is 2.15 bits per heavy atom. The first-order valence-electron chi connectivity index (χ1n) is 6.60. The Labute approximate surface area is 120 Å². The van der Waals surface area contributed by atoms with Crippen molar-refractivity contribution < 1.29 is 19.4 Å². The predicted molar refractivity (Wildman–Crippen MR) is 76.8 cm³/mol. The summed E-state index contributed by atoms with van der Waals surface area (Å²) in [5, 5.41) is 9.59. The molecule has 5 heteroatoms. The highest BCUT2D eigenvalue weighted by Crippen LogP contribution is 2.14. The molecular weight excluding hydrogens is 258 g/mol. The van der Waals surface area contributed by atoms with Crippen LogP contribution in [-0.2, 0) is 16.0 Å². The zero-order chi connectivity index (χ0) is 15.0. The normalized spacial score (nSPS) is 12.0. The van der Waals surface area contributed by atoms with Crippen LogP contribution < -0.4 is 4.74 Å². The number of aryl methyl sites for hydroxylation is 1. The molecule has 0 heterocycles. The molecular formula is C15H23NO4. The highest BCUT2D eigenvalue weighted by Gasteiger charge is 2.13. The maximum absolute atomic E-state index is 12.0. The molecule has 0 saturated heterocycles. The number of likely N-dealkylation sites (N-methyl/N-ethyl adjacent to an activating group) is 1. The van der Waals surface area contributed by atoms with Crippen LogP contribution in [0.2, 0.25) is 0 Å². The van der Waals surface area contributed by atoms with Crippen LogP contribution in [0.5, 0.6) is 5.75 Å². The van der Waals surface area contributed by atoms with Gasteiger partial charge in [0.05, 0.1) is 19.8 Å². The molecule has 0 fully saturated rings. The topological polar surface area (TPSA) is 59.0 Å². The average molecular weight is 281 g/mol. The Morgan fingerprint density at radius 1 is 1.40 bits per heavy atom. The van der Waals surface area contributed by atoms with Gasteiger partial charge in [-0.3, -0.25) is 4.79 Å². The van der Waals surface area contributed by atoms with Gasteiger partial charge in [-0.05, 0) is 24.1 Å². The Bertz CT molecular complexity index is 422. The van der Waals surface area contributed by atoms with E-state index in [9.17, 15) is 9.90 Å². The number of methoxy groups -OCH3 is 2. The summed E-state index contributed by atoms with van der Waals surface area (Å²) in [6.07, 6.45) is 0.412. The molecule has 0 aliphatic heterocycles. The third kappa shape index (κ3) is 5.59. The van der Waals surface area contributed by atoms with E-state index in [1.807, 2.05) is 24.3 Å². The van der Waals surface area contributed by atoms with Crippen molar-refractivity contribution in [3.05, 3.63) is 29.8 Å². The van der Waals surface area contributed by atoms with E-state index in [0.717, 1.165) is 11.3 Å². The molecule has 0 radical (unpaired) electrons. The van der Waals surface area contributed by atoms with Crippen LogP contribution in [0.3, 0.4) is 0 Å². The lowest BCUT2D eigenvalue weighted by atomic mass is 10.1. The smallest absolute Gasteiger partial charge is 0.222 e. The maximum Gasteiger partial charge on any atom is 0.222 e. The number of nitrogens with zero attached hydrogens (tertiary/aromatic N) is 1. The van der Waals surface area contributed by atoms with Crippen molar-refractivity contribution >= 4 is 5.91 Å². The maximum atomic E-state index is 12.0. The molecule has 0 aliphatic rings. The van der Waals surface area contributed by atoms with Gasteiger partial charge in [0, 0.05) is 27.1 Å². The van der Waals surface area contributed by atoms with E-state index in [1.165, 1.54) is 12.0 Å². The van der Waals surface area contributed by atoms with E-state index >= 15 is 0 Å². The fourth-order valence-electron chi connectivity index (χ4n) is 1.93. The van der Waals surface area contributed by atoms with E-state index < -0.39 is 6.10 Å². The van der Waals surface area contributed by atoms with Crippen LogP contribution in [-0.4, -0.2) is 56.4 Å². The number of hydrogen-bond acceptors (Lipinski definition) is 4. The predicted octanol–water partition coefficient (Wildman–Crippen LogP) is 1.09. The van der Waals surface area contributed by atoms with E-state index in [4.69, 9.17) is 9.47 Å². The summed E-state index contributed by atoms with van der Waals surface area (Å²) < 4.78 is 9.98. The summed E-state index contributed by atoms with van der Waals surface area (Å²) >= 11 is 0. The van der Waals surface area contributed by atoms with Crippen LogP contribution in [0.25, 0.3) is 0 Å². The van der Waals surface area contributed by atoms with Gasteiger partial charge < -0.3 is 19.5 Å². The molecule has 0 saturated carbocycles. The van der Waals surface area contributed by atoms with Crippen LogP contribution in [0, 0.1) is 0 Å². The first kappa shape index (κ1) is 16.5. The van der Waals surface area contributed by atoms with Crippen molar-refractivity contribution in [2.24, 2.45) is 0 Å². The fraction of sp³-hybridized carbons (Fsp3) is 0.533. The summed E-state index contributed by atoms with van der Waals surface area (Å²) in [7, 11) is 4.83. The summed E-state index contributed by atoms with van der Waals surface area (Å²) in [6, 6.07) is 7.67. The number of rotatable bonds is 8. The molecule has 0 aromatic heterocycles. The minimum atomic E-state index is -0.647. The number of aliphatic hydroxyl groups is 1. The second kappa shape index (κ2) is 8.55. The minimum absolute atomic E-state index is 0.00275. The number of aliphatic hydroxyl groups excluding tert-OH is 1. The van der Waals surface area contributed by atoms with Gasteiger partial charge in [0.2, 0.25) is 5.91 Å². The van der Waals surface area contributed by atoms with Crippen LogP contribution >= 0.6 is 0 Å². The summed E-state index contributed by atoms with van der Waals surface area (Å²) in [6.45, 7) is 0.512. The zero-order valence-corrected chi connectivity index (χ0v) is 12.3.